The van der Waals surface area contributed by atoms with Gasteiger partial charge in [0, 0.05) is 26.6 Å². The molecule has 2 unspecified atom stereocenters. The number of hydrogen-bond acceptors (Lipinski definition) is 3. The molecular formula is C8H17NO2. The fraction of sp³-hybridized carbons (Fsp3) is 1.00. The highest BCUT2D eigenvalue weighted by molar-refractivity contribution is 4.78. The van der Waals surface area contributed by atoms with Gasteiger partial charge in [-0.3, -0.25) is 4.90 Å². The highest BCUT2D eigenvalue weighted by Gasteiger charge is 2.24. The summed E-state index contributed by atoms with van der Waals surface area (Å²) in [5.74, 6) is 0. The van der Waals surface area contributed by atoms with Gasteiger partial charge < -0.3 is 9.84 Å². The molecule has 3 heteroatoms. The molecule has 1 rings (SSSR count). The second-order valence-corrected chi connectivity index (χ2v) is 3.10. The van der Waals surface area contributed by atoms with E-state index in [1.807, 2.05) is 0 Å². The minimum Gasteiger partial charge on any atom is -0.392 e. The van der Waals surface area contributed by atoms with Crippen molar-refractivity contribution in [3.8, 4) is 0 Å². The minimum absolute atomic E-state index is 0.200. The Balaban J connectivity index is 2.37. The number of rotatable bonds is 2. The van der Waals surface area contributed by atoms with Gasteiger partial charge >= 0.3 is 0 Å². The number of hydrogen-bond donors (Lipinski definition) is 1. The predicted octanol–water partition coefficient (Wildman–Crippen LogP) is 0.0879. The van der Waals surface area contributed by atoms with Crippen LogP contribution in [0.4, 0.5) is 0 Å². The lowest BCUT2D eigenvalue weighted by Gasteiger charge is -2.33. The molecule has 0 aliphatic carbocycles. The second kappa shape index (κ2) is 4.04. The summed E-state index contributed by atoms with van der Waals surface area (Å²) in [6.07, 6.45) is 0.805. The molecule has 1 heterocycles. The normalized spacial score (nSPS) is 34.1. The summed E-state index contributed by atoms with van der Waals surface area (Å²) < 4.78 is 5.19. The Morgan fingerprint density at radius 1 is 1.55 bits per heavy atom. The fourth-order valence-electron chi connectivity index (χ4n) is 1.54. The average molecular weight is 159 g/mol. The van der Waals surface area contributed by atoms with E-state index in [2.05, 4.69) is 11.8 Å². The number of nitrogens with zero attached hydrogens (tertiary/aromatic N) is 1. The molecule has 0 radical (unpaired) electrons. The van der Waals surface area contributed by atoms with E-state index in [1.54, 1.807) is 7.11 Å². The first-order valence-corrected chi connectivity index (χ1v) is 4.19. The summed E-state index contributed by atoms with van der Waals surface area (Å²) in [7, 11) is 1.70. The number of likely N-dealkylation sites (tertiary alicyclic amines) is 1. The quantitative estimate of drug-likeness (QED) is 0.619. The van der Waals surface area contributed by atoms with Crippen molar-refractivity contribution in [2.24, 2.45) is 0 Å². The predicted molar refractivity (Wildman–Crippen MR) is 43.5 cm³/mol. The molecule has 1 aliphatic rings. The lowest BCUT2D eigenvalue weighted by atomic mass is 10.1. The van der Waals surface area contributed by atoms with Crippen LogP contribution in [-0.2, 0) is 4.74 Å². The molecule has 0 aromatic rings. The zero-order valence-corrected chi connectivity index (χ0v) is 7.29. The van der Waals surface area contributed by atoms with Gasteiger partial charge in [-0.05, 0) is 6.54 Å². The van der Waals surface area contributed by atoms with Crippen molar-refractivity contribution in [3.63, 3.8) is 0 Å². The van der Waals surface area contributed by atoms with Gasteiger partial charge in [0.2, 0.25) is 0 Å². The van der Waals surface area contributed by atoms with Crippen LogP contribution in [0, 0.1) is 0 Å². The van der Waals surface area contributed by atoms with Crippen LogP contribution in [0.5, 0.6) is 0 Å². The smallest absolute Gasteiger partial charge is 0.0723 e. The molecule has 0 bridgehead atoms. The molecule has 3 nitrogen and oxygen atoms in total. The van der Waals surface area contributed by atoms with Gasteiger partial charge in [-0.2, -0.15) is 0 Å². The first-order valence-electron chi connectivity index (χ1n) is 4.19. The number of piperidine rings is 1. The van der Waals surface area contributed by atoms with Gasteiger partial charge in [-0.25, -0.2) is 0 Å². The van der Waals surface area contributed by atoms with Crippen LogP contribution in [0.3, 0.4) is 0 Å². The van der Waals surface area contributed by atoms with Crippen LogP contribution in [0.15, 0.2) is 0 Å². The van der Waals surface area contributed by atoms with Gasteiger partial charge in [0.15, 0.2) is 0 Å². The Hall–Kier alpha value is -0.120. The standard InChI is InChI=1S/C8H17NO2/c1-3-9-5-7(10)4-8(6-9)11-2/h7-8,10H,3-6H2,1-2H3. The summed E-state index contributed by atoms with van der Waals surface area (Å²) in [5, 5.41) is 9.39. The Bertz CT molecular complexity index is 107. The van der Waals surface area contributed by atoms with E-state index in [1.165, 1.54) is 0 Å². The summed E-state index contributed by atoms with van der Waals surface area (Å²) in [4.78, 5) is 2.21. The van der Waals surface area contributed by atoms with Crippen molar-refractivity contribution in [1.29, 1.82) is 0 Å². The number of methoxy groups -OCH3 is 1. The highest BCUT2D eigenvalue weighted by atomic mass is 16.5. The Morgan fingerprint density at radius 3 is 2.82 bits per heavy atom. The van der Waals surface area contributed by atoms with Gasteiger partial charge in [-0.15, -0.1) is 0 Å². The number of ether oxygens (including phenoxy) is 1. The molecular weight excluding hydrogens is 142 g/mol. The van der Waals surface area contributed by atoms with Crippen molar-refractivity contribution < 1.29 is 9.84 Å². The van der Waals surface area contributed by atoms with E-state index in [4.69, 9.17) is 4.74 Å². The first-order chi connectivity index (χ1) is 5.26. The molecule has 1 saturated heterocycles. The van der Waals surface area contributed by atoms with Gasteiger partial charge in [0.25, 0.3) is 0 Å². The zero-order chi connectivity index (χ0) is 8.27. The summed E-state index contributed by atoms with van der Waals surface area (Å²) in [6.45, 7) is 4.86. The lowest BCUT2D eigenvalue weighted by molar-refractivity contribution is -0.0271. The molecule has 1 aliphatic heterocycles. The SMILES string of the molecule is CCN1CC(O)CC(OC)C1. The largest absolute Gasteiger partial charge is 0.392 e. The third kappa shape index (κ3) is 2.43. The molecule has 11 heavy (non-hydrogen) atoms. The third-order valence-electron chi connectivity index (χ3n) is 2.25. The van der Waals surface area contributed by atoms with E-state index in [-0.39, 0.29) is 12.2 Å². The van der Waals surface area contributed by atoms with Gasteiger partial charge in [0.1, 0.15) is 0 Å². The molecule has 66 valence electrons. The highest BCUT2D eigenvalue weighted by Crippen LogP contribution is 2.12. The number of likely N-dealkylation sites (N-methyl/N-ethyl adjacent to an activating group) is 1. The monoisotopic (exact) mass is 159 g/mol. The van der Waals surface area contributed by atoms with Crippen LogP contribution >= 0.6 is 0 Å². The first kappa shape index (κ1) is 8.97. The van der Waals surface area contributed by atoms with Crippen LogP contribution in [0.2, 0.25) is 0 Å². The van der Waals surface area contributed by atoms with E-state index in [0.717, 1.165) is 26.1 Å². The lowest BCUT2D eigenvalue weighted by Crippen LogP contribution is -2.46. The van der Waals surface area contributed by atoms with Crippen LogP contribution < -0.4 is 0 Å². The maximum absolute atomic E-state index is 9.39. The number of aliphatic hydroxyl groups is 1. The molecule has 2 atom stereocenters. The third-order valence-corrected chi connectivity index (χ3v) is 2.25. The van der Waals surface area contributed by atoms with E-state index in [0.29, 0.717) is 0 Å². The summed E-state index contributed by atoms with van der Waals surface area (Å²) >= 11 is 0. The number of β-amino-alcohol motifs (C(OH)–C–C–N with tert-alkyl or cyclic N) is 1. The molecule has 1 N–H and O–H groups in total. The molecule has 0 amide bonds. The molecule has 1 fully saturated rings. The van der Waals surface area contributed by atoms with Crippen molar-refractivity contribution in [1.82, 2.24) is 4.90 Å². The average Bonchev–Trinajstić information content (AvgIpc) is 2.03. The van der Waals surface area contributed by atoms with Crippen LogP contribution in [-0.4, -0.2) is 49.0 Å². The van der Waals surface area contributed by atoms with Crippen LogP contribution in [0.25, 0.3) is 0 Å². The van der Waals surface area contributed by atoms with Crippen molar-refractivity contribution in [3.05, 3.63) is 0 Å². The molecule has 0 aromatic heterocycles. The molecule has 0 aromatic carbocycles. The van der Waals surface area contributed by atoms with Crippen molar-refractivity contribution in [2.75, 3.05) is 26.7 Å². The van der Waals surface area contributed by atoms with Crippen molar-refractivity contribution >= 4 is 0 Å². The maximum Gasteiger partial charge on any atom is 0.0723 e. The second-order valence-electron chi connectivity index (χ2n) is 3.10. The molecule has 0 saturated carbocycles. The Morgan fingerprint density at radius 2 is 2.27 bits per heavy atom. The van der Waals surface area contributed by atoms with Crippen molar-refractivity contribution in [2.45, 2.75) is 25.6 Å². The maximum atomic E-state index is 9.39. The topological polar surface area (TPSA) is 32.7 Å². The number of aliphatic hydroxyl groups excluding tert-OH is 1. The van der Waals surface area contributed by atoms with E-state index >= 15 is 0 Å². The van der Waals surface area contributed by atoms with Crippen LogP contribution in [0.1, 0.15) is 13.3 Å². The van der Waals surface area contributed by atoms with Gasteiger partial charge in [-0.1, -0.05) is 6.92 Å². The fourth-order valence-corrected chi connectivity index (χ4v) is 1.54. The molecule has 0 spiro atoms. The summed E-state index contributed by atoms with van der Waals surface area (Å²) in [5.41, 5.74) is 0. The minimum atomic E-state index is -0.200. The Labute approximate surface area is 68.0 Å². The Kier molecular flexibility index (Phi) is 3.30. The van der Waals surface area contributed by atoms with E-state index < -0.39 is 0 Å². The summed E-state index contributed by atoms with van der Waals surface area (Å²) in [6, 6.07) is 0. The zero-order valence-electron chi connectivity index (χ0n) is 7.29. The van der Waals surface area contributed by atoms with Gasteiger partial charge in [0.05, 0.1) is 12.2 Å². The van der Waals surface area contributed by atoms with E-state index in [9.17, 15) is 5.11 Å².